The molecule has 0 aliphatic heterocycles. The second kappa shape index (κ2) is 5.00. The molecule has 0 radical (unpaired) electrons. The molecule has 2 heterocycles. The number of rotatable bonds is 2. The molecule has 4 aromatic rings. The van der Waals surface area contributed by atoms with Crippen molar-refractivity contribution in [2.45, 2.75) is 6.92 Å². The number of hydrogen-bond donors (Lipinski definition) is 2. The van der Waals surface area contributed by atoms with Crippen molar-refractivity contribution in [3.8, 4) is 27.6 Å². The molecule has 0 aliphatic carbocycles. The third-order valence-electron chi connectivity index (χ3n) is 3.82. The molecule has 2 N–H and O–H groups in total. The van der Waals surface area contributed by atoms with Crippen molar-refractivity contribution >= 4 is 22.2 Å². The van der Waals surface area contributed by atoms with Crippen LogP contribution >= 0.6 is 11.3 Å². The second-order valence-corrected chi connectivity index (χ2v) is 6.15. The SMILES string of the molecule is Cc1cc(-c2csc(-c3c[nH]c4ccccc34)n2)ccc1O. The first kappa shape index (κ1) is 13.1. The predicted octanol–water partition coefficient (Wildman–Crippen LogP) is 4.97. The number of nitrogens with zero attached hydrogens (tertiary/aromatic N) is 1. The summed E-state index contributed by atoms with van der Waals surface area (Å²) in [6.45, 7) is 1.89. The Hall–Kier alpha value is -2.59. The van der Waals surface area contributed by atoms with Crippen LogP contribution in [0.3, 0.4) is 0 Å². The topological polar surface area (TPSA) is 48.9 Å². The minimum absolute atomic E-state index is 0.316. The monoisotopic (exact) mass is 306 g/mol. The fourth-order valence-corrected chi connectivity index (χ4v) is 3.45. The molecule has 0 fully saturated rings. The number of hydrogen-bond acceptors (Lipinski definition) is 3. The molecule has 0 saturated heterocycles. The highest BCUT2D eigenvalue weighted by Gasteiger charge is 2.11. The van der Waals surface area contributed by atoms with E-state index in [1.807, 2.05) is 37.4 Å². The first-order valence-corrected chi connectivity index (χ1v) is 7.92. The van der Waals surface area contributed by atoms with Crippen molar-refractivity contribution in [1.82, 2.24) is 9.97 Å². The Kier molecular flexibility index (Phi) is 2.98. The molecule has 0 spiro atoms. The summed E-state index contributed by atoms with van der Waals surface area (Å²) in [7, 11) is 0. The fourth-order valence-electron chi connectivity index (χ4n) is 2.59. The number of aromatic nitrogens is 2. The quantitative estimate of drug-likeness (QED) is 0.549. The lowest BCUT2D eigenvalue weighted by molar-refractivity contribution is 0.471. The maximum atomic E-state index is 9.64. The van der Waals surface area contributed by atoms with Crippen molar-refractivity contribution in [1.29, 1.82) is 0 Å². The van der Waals surface area contributed by atoms with E-state index >= 15 is 0 Å². The standard InChI is InChI=1S/C18H14N2OS/c1-11-8-12(6-7-17(11)21)16-10-22-18(20-16)14-9-19-15-5-3-2-4-13(14)15/h2-10,19,21H,1H3. The van der Waals surface area contributed by atoms with Crippen LogP contribution in [0.5, 0.6) is 5.75 Å². The van der Waals surface area contributed by atoms with Crippen LogP contribution in [0.25, 0.3) is 32.7 Å². The molecule has 0 unspecified atom stereocenters. The summed E-state index contributed by atoms with van der Waals surface area (Å²) in [5.74, 6) is 0.316. The Morgan fingerprint density at radius 3 is 2.86 bits per heavy atom. The normalized spacial score (nSPS) is 11.1. The minimum atomic E-state index is 0.316. The van der Waals surface area contributed by atoms with E-state index in [0.717, 1.165) is 32.9 Å². The number of nitrogens with one attached hydrogen (secondary N) is 1. The highest BCUT2D eigenvalue weighted by molar-refractivity contribution is 7.13. The van der Waals surface area contributed by atoms with Gasteiger partial charge in [0.15, 0.2) is 0 Å². The molecule has 2 aromatic heterocycles. The summed E-state index contributed by atoms with van der Waals surface area (Å²) >= 11 is 1.63. The Morgan fingerprint density at radius 2 is 2.00 bits per heavy atom. The van der Waals surface area contributed by atoms with E-state index in [2.05, 4.69) is 22.5 Å². The van der Waals surface area contributed by atoms with Gasteiger partial charge in [0.1, 0.15) is 10.8 Å². The van der Waals surface area contributed by atoms with Crippen molar-refractivity contribution in [3.05, 3.63) is 59.6 Å². The van der Waals surface area contributed by atoms with Gasteiger partial charge in [0.05, 0.1) is 5.69 Å². The van der Waals surface area contributed by atoms with E-state index in [9.17, 15) is 5.11 Å². The van der Waals surface area contributed by atoms with Gasteiger partial charge in [-0.05, 0) is 36.8 Å². The van der Waals surface area contributed by atoms with Gasteiger partial charge in [-0.2, -0.15) is 0 Å². The molecule has 3 nitrogen and oxygen atoms in total. The number of fused-ring (bicyclic) bond motifs is 1. The molecular weight excluding hydrogens is 292 g/mol. The van der Waals surface area contributed by atoms with E-state index in [1.165, 1.54) is 5.39 Å². The molecule has 108 valence electrons. The number of aromatic hydroxyl groups is 1. The Labute approximate surface area is 131 Å². The van der Waals surface area contributed by atoms with E-state index in [0.29, 0.717) is 5.75 Å². The van der Waals surface area contributed by atoms with Gasteiger partial charge in [0.25, 0.3) is 0 Å². The van der Waals surface area contributed by atoms with Gasteiger partial charge in [-0.25, -0.2) is 4.98 Å². The molecular formula is C18H14N2OS. The Balaban J connectivity index is 1.79. The lowest BCUT2D eigenvalue weighted by atomic mass is 10.1. The fraction of sp³-hybridized carbons (Fsp3) is 0.0556. The largest absolute Gasteiger partial charge is 0.508 e. The number of benzene rings is 2. The van der Waals surface area contributed by atoms with Crippen molar-refractivity contribution in [2.75, 3.05) is 0 Å². The van der Waals surface area contributed by atoms with Crippen LogP contribution < -0.4 is 0 Å². The third-order valence-corrected chi connectivity index (χ3v) is 4.69. The first-order valence-electron chi connectivity index (χ1n) is 7.04. The van der Waals surface area contributed by atoms with Crippen LogP contribution in [0, 0.1) is 6.92 Å². The number of H-pyrrole nitrogens is 1. The zero-order valence-corrected chi connectivity index (χ0v) is 12.8. The molecule has 0 atom stereocenters. The van der Waals surface area contributed by atoms with Crippen LogP contribution in [-0.4, -0.2) is 15.1 Å². The number of para-hydroxylation sites is 1. The van der Waals surface area contributed by atoms with Crippen molar-refractivity contribution in [2.24, 2.45) is 0 Å². The van der Waals surface area contributed by atoms with Gasteiger partial charge in [0.2, 0.25) is 0 Å². The molecule has 4 heteroatoms. The maximum absolute atomic E-state index is 9.64. The van der Waals surface area contributed by atoms with Gasteiger partial charge >= 0.3 is 0 Å². The molecule has 2 aromatic carbocycles. The lowest BCUT2D eigenvalue weighted by Crippen LogP contribution is -1.81. The molecule has 4 rings (SSSR count). The van der Waals surface area contributed by atoms with Crippen LogP contribution in [0.4, 0.5) is 0 Å². The van der Waals surface area contributed by atoms with Crippen LogP contribution in [0.2, 0.25) is 0 Å². The molecule has 22 heavy (non-hydrogen) atoms. The summed E-state index contributed by atoms with van der Waals surface area (Å²) in [5.41, 5.74) is 5.07. The number of aryl methyl sites for hydroxylation is 1. The number of thiazole rings is 1. The van der Waals surface area contributed by atoms with Crippen LogP contribution in [0.1, 0.15) is 5.56 Å². The van der Waals surface area contributed by atoms with Gasteiger partial charge in [-0.3, -0.25) is 0 Å². The zero-order chi connectivity index (χ0) is 15.1. The lowest BCUT2D eigenvalue weighted by Gasteiger charge is -2.01. The second-order valence-electron chi connectivity index (χ2n) is 5.29. The van der Waals surface area contributed by atoms with Gasteiger partial charge < -0.3 is 10.1 Å². The Morgan fingerprint density at radius 1 is 1.14 bits per heavy atom. The van der Waals surface area contributed by atoms with Crippen molar-refractivity contribution in [3.63, 3.8) is 0 Å². The summed E-state index contributed by atoms with van der Waals surface area (Å²) in [4.78, 5) is 8.05. The van der Waals surface area contributed by atoms with E-state index < -0.39 is 0 Å². The summed E-state index contributed by atoms with van der Waals surface area (Å²) in [6, 6.07) is 13.8. The minimum Gasteiger partial charge on any atom is -0.508 e. The van der Waals surface area contributed by atoms with E-state index in [4.69, 9.17) is 4.98 Å². The Bertz CT molecular complexity index is 968. The molecule has 0 saturated carbocycles. The first-order chi connectivity index (χ1) is 10.7. The summed E-state index contributed by atoms with van der Waals surface area (Å²) < 4.78 is 0. The van der Waals surface area contributed by atoms with Crippen molar-refractivity contribution < 1.29 is 5.11 Å². The number of phenols is 1. The highest BCUT2D eigenvalue weighted by Crippen LogP contribution is 2.34. The summed E-state index contributed by atoms with van der Waals surface area (Å²) in [5, 5.41) is 13.9. The number of phenolic OH excluding ortho intramolecular Hbond substituents is 1. The van der Waals surface area contributed by atoms with Crippen LogP contribution in [-0.2, 0) is 0 Å². The molecule has 0 aliphatic rings. The number of aromatic amines is 1. The van der Waals surface area contributed by atoms with Crippen LogP contribution in [0.15, 0.2) is 54.0 Å². The van der Waals surface area contributed by atoms with Gasteiger partial charge in [-0.1, -0.05) is 18.2 Å². The average molecular weight is 306 g/mol. The van der Waals surface area contributed by atoms with Gasteiger partial charge in [0, 0.05) is 33.6 Å². The smallest absolute Gasteiger partial charge is 0.126 e. The predicted molar refractivity (Wildman–Crippen MR) is 91.2 cm³/mol. The highest BCUT2D eigenvalue weighted by atomic mass is 32.1. The molecule has 0 bridgehead atoms. The zero-order valence-electron chi connectivity index (χ0n) is 12.0. The van der Waals surface area contributed by atoms with E-state index in [-0.39, 0.29) is 0 Å². The van der Waals surface area contributed by atoms with Gasteiger partial charge in [-0.15, -0.1) is 11.3 Å². The third kappa shape index (κ3) is 2.09. The molecule has 0 amide bonds. The summed E-state index contributed by atoms with van der Waals surface area (Å²) in [6.07, 6.45) is 2.01. The average Bonchev–Trinajstić information content (AvgIpc) is 3.16. The van der Waals surface area contributed by atoms with E-state index in [1.54, 1.807) is 17.4 Å². The maximum Gasteiger partial charge on any atom is 0.126 e.